The van der Waals surface area contributed by atoms with Crippen LogP contribution in [0.4, 0.5) is 5.69 Å². The number of ether oxygens (including phenoxy) is 3. The van der Waals surface area contributed by atoms with Crippen molar-refractivity contribution in [3.63, 3.8) is 0 Å². The predicted molar refractivity (Wildman–Crippen MR) is 80.1 cm³/mol. The number of esters is 2. The summed E-state index contributed by atoms with van der Waals surface area (Å²) < 4.78 is 14.6. The van der Waals surface area contributed by atoms with Gasteiger partial charge in [0.2, 0.25) is 0 Å². The first-order valence-electron chi connectivity index (χ1n) is 6.55. The van der Waals surface area contributed by atoms with E-state index in [1.54, 1.807) is 0 Å². The maximum Gasteiger partial charge on any atom is 0.338 e. The minimum Gasteiger partial charge on any atom is -0.465 e. The van der Waals surface area contributed by atoms with Crippen LogP contribution in [0.3, 0.4) is 0 Å². The van der Waals surface area contributed by atoms with E-state index in [0.29, 0.717) is 0 Å². The third-order valence-electron chi connectivity index (χ3n) is 2.91. The van der Waals surface area contributed by atoms with Gasteiger partial charge in [-0.3, -0.25) is 10.1 Å². The smallest absolute Gasteiger partial charge is 0.338 e. The van der Waals surface area contributed by atoms with Crippen LogP contribution in [0.1, 0.15) is 20.7 Å². The van der Waals surface area contributed by atoms with Crippen LogP contribution in [0.25, 0.3) is 0 Å². The van der Waals surface area contributed by atoms with E-state index in [4.69, 9.17) is 4.74 Å². The Morgan fingerprint density at radius 3 is 2.17 bits per heavy atom. The molecule has 1 aromatic carbocycles. The van der Waals surface area contributed by atoms with Gasteiger partial charge >= 0.3 is 17.6 Å². The zero-order valence-corrected chi connectivity index (χ0v) is 12.7. The second kappa shape index (κ2) is 7.18. The number of hydrogen-bond donors (Lipinski definition) is 0. The van der Waals surface area contributed by atoms with Crippen LogP contribution in [-0.4, -0.2) is 36.1 Å². The summed E-state index contributed by atoms with van der Waals surface area (Å²) in [6.45, 7) is 0. The minimum atomic E-state index is -0.707. The molecule has 0 bridgehead atoms. The summed E-state index contributed by atoms with van der Waals surface area (Å²) in [5.74, 6) is -1.69. The first-order chi connectivity index (χ1) is 11.5. The second-order valence-corrected chi connectivity index (χ2v) is 4.42. The number of benzene rings is 1. The van der Waals surface area contributed by atoms with Gasteiger partial charge < -0.3 is 14.2 Å². The van der Waals surface area contributed by atoms with Crippen molar-refractivity contribution in [2.24, 2.45) is 0 Å². The van der Waals surface area contributed by atoms with Gasteiger partial charge in [-0.05, 0) is 24.3 Å². The summed E-state index contributed by atoms with van der Waals surface area (Å²) >= 11 is 0. The molecule has 2 rings (SSSR count). The molecule has 0 saturated heterocycles. The quantitative estimate of drug-likeness (QED) is 0.465. The lowest BCUT2D eigenvalue weighted by Gasteiger charge is -2.09. The molecule has 0 aliphatic rings. The monoisotopic (exact) mass is 332 g/mol. The standard InChI is InChI=1S/C15H12N2O7/c1-22-14(18)9-6-10(15(19)23-2)8-11(7-9)24-13-12(17(20)21)4-3-5-16-13/h3-8H,1-2H3. The van der Waals surface area contributed by atoms with E-state index in [1.807, 2.05) is 0 Å². The van der Waals surface area contributed by atoms with E-state index in [2.05, 4.69) is 14.5 Å². The number of methoxy groups -OCH3 is 2. The van der Waals surface area contributed by atoms with Crippen molar-refractivity contribution in [1.82, 2.24) is 4.98 Å². The predicted octanol–water partition coefficient (Wildman–Crippen LogP) is 2.36. The lowest BCUT2D eigenvalue weighted by Crippen LogP contribution is -2.07. The molecule has 0 amide bonds. The molecule has 0 spiro atoms. The molecule has 1 aromatic heterocycles. The first-order valence-corrected chi connectivity index (χ1v) is 6.55. The average molecular weight is 332 g/mol. The average Bonchev–Trinajstić information content (AvgIpc) is 2.60. The van der Waals surface area contributed by atoms with Crippen LogP contribution in [0.5, 0.6) is 11.6 Å². The molecule has 0 atom stereocenters. The molecule has 9 nitrogen and oxygen atoms in total. The van der Waals surface area contributed by atoms with Gasteiger partial charge in [-0.25, -0.2) is 14.6 Å². The molecule has 0 unspecified atom stereocenters. The number of carbonyl (C=O) groups excluding carboxylic acids is 2. The van der Waals surface area contributed by atoms with Crippen LogP contribution < -0.4 is 4.74 Å². The van der Waals surface area contributed by atoms with Crippen molar-refractivity contribution in [2.75, 3.05) is 14.2 Å². The number of rotatable bonds is 5. The van der Waals surface area contributed by atoms with E-state index >= 15 is 0 Å². The molecule has 0 aliphatic carbocycles. The summed E-state index contributed by atoms with van der Waals surface area (Å²) in [6.07, 6.45) is 1.31. The van der Waals surface area contributed by atoms with Gasteiger partial charge in [-0.2, -0.15) is 0 Å². The number of carbonyl (C=O) groups is 2. The van der Waals surface area contributed by atoms with Crippen molar-refractivity contribution >= 4 is 17.6 Å². The van der Waals surface area contributed by atoms with Crippen molar-refractivity contribution < 1.29 is 28.7 Å². The lowest BCUT2D eigenvalue weighted by atomic mass is 10.1. The summed E-state index contributed by atoms with van der Waals surface area (Å²) in [4.78, 5) is 37.5. The Hall–Kier alpha value is -3.49. The second-order valence-electron chi connectivity index (χ2n) is 4.42. The fourth-order valence-electron chi connectivity index (χ4n) is 1.84. The van der Waals surface area contributed by atoms with Crippen LogP contribution in [0.15, 0.2) is 36.5 Å². The normalized spacial score (nSPS) is 9.92. The SMILES string of the molecule is COC(=O)c1cc(Oc2ncccc2[N+](=O)[O-])cc(C(=O)OC)c1. The zero-order valence-electron chi connectivity index (χ0n) is 12.7. The van der Waals surface area contributed by atoms with Gasteiger partial charge in [-0.15, -0.1) is 0 Å². The topological polar surface area (TPSA) is 118 Å². The number of pyridine rings is 1. The van der Waals surface area contributed by atoms with Crippen LogP contribution in [0.2, 0.25) is 0 Å². The Kier molecular flexibility index (Phi) is 5.05. The van der Waals surface area contributed by atoms with Gasteiger partial charge in [0.1, 0.15) is 5.75 Å². The Morgan fingerprint density at radius 1 is 1.08 bits per heavy atom. The van der Waals surface area contributed by atoms with E-state index in [0.717, 1.165) is 0 Å². The van der Waals surface area contributed by atoms with Crippen molar-refractivity contribution in [2.45, 2.75) is 0 Å². The van der Waals surface area contributed by atoms with Crippen LogP contribution in [0, 0.1) is 10.1 Å². The number of aromatic nitrogens is 1. The molecule has 24 heavy (non-hydrogen) atoms. The van der Waals surface area contributed by atoms with Gasteiger partial charge in [0.15, 0.2) is 0 Å². The molecule has 124 valence electrons. The van der Waals surface area contributed by atoms with Gasteiger partial charge in [0.25, 0.3) is 5.88 Å². The molecular weight excluding hydrogens is 320 g/mol. The zero-order chi connectivity index (χ0) is 17.7. The Bertz CT molecular complexity index is 770. The molecule has 9 heteroatoms. The van der Waals surface area contributed by atoms with Crippen LogP contribution in [-0.2, 0) is 9.47 Å². The highest BCUT2D eigenvalue weighted by Crippen LogP contribution is 2.30. The van der Waals surface area contributed by atoms with Gasteiger partial charge in [-0.1, -0.05) is 0 Å². The van der Waals surface area contributed by atoms with Crippen molar-refractivity contribution in [1.29, 1.82) is 0 Å². The molecule has 2 aromatic rings. The van der Waals surface area contributed by atoms with Crippen molar-refractivity contribution in [3.05, 3.63) is 57.8 Å². The van der Waals surface area contributed by atoms with Crippen LogP contribution >= 0.6 is 0 Å². The molecular formula is C15H12N2O7. The van der Waals surface area contributed by atoms with E-state index < -0.39 is 16.9 Å². The molecule has 0 aliphatic heterocycles. The molecule has 0 radical (unpaired) electrons. The fraction of sp³-hybridized carbons (Fsp3) is 0.133. The Morgan fingerprint density at radius 2 is 1.67 bits per heavy atom. The fourth-order valence-corrected chi connectivity index (χ4v) is 1.84. The Labute approximate surface area is 135 Å². The maximum atomic E-state index is 11.7. The third kappa shape index (κ3) is 3.64. The molecule has 1 heterocycles. The van der Waals surface area contributed by atoms with E-state index in [9.17, 15) is 19.7 Å². The number of nitrogens with zero attached hydrogens (tertiary/aromatic N) is 2. The lowest BCUT2D eigenvalue weighted by molar-refractivity contribution is -0.386. The number of hydrogen-bond acceptors (Lipinski definition) is 8. The van der Waals surface area contributed by atoms with E-state index in [-0.39, 0.29) is 28.4 Å². The minimum absolute atomic E-state index is 0.0000926. The summed E-state index contributed by atoms with van der Waals surface area (Å²) in [7, 11) is 2.36. The third-order valence-corrected chi connectivity index (χ3v) is 2.91. The molecule has 0 fully saturated rings. The van der Waals surface area contributed by atoms with Gasteiger partial charge in [0.05, 0.1) is 30.3 Å². The van der Waals surface area contributed by atoms with Crippen molar-refractivity contribution in [3.8, 4) is 11.6 Å². The number of nitro groups is 1. The highest BCUT2D eigenvalue weighted by atomic mass is 16.6. The largest absolute Gasteiger partial charge is 0.465 e. The van der Waals surface area contributed by atoms with E-state index in [1.165, 1.54) is 50.7 Å². The van der Waals surface area contributed by atoms with Gasteiger partial charge in [0, 0.05) is 12.3 Å². The maximum absolute atomic E-state index is 11.7. The highest BCUT2D eigenvalue weighted by molar-refractivity contribution is 5.96. The highest BCUT2D eigenvalue weighted by Gasteiger charge is 2.19. The molecule has 0 N–H and O–H groups in total. The summed E-state index contributed by atoms with van der Waals surface area (Å²) in [6, 6.07) is 6.41. The summed E-state index contributed by atoms with van der Waals surface area (Å²) in [5.41, 5.74) is -0.316. The Balaban J connectivity index is 2.48. The molecule has 0 saturated carbocycles. The summed E-state index contributed by atoms with van der Waals surface area (Å²) in [5, 5.41) is 11.0. The first kappa shape index (κ1) is 16.9.